The van der Waals surface area contributed by atoms with Crippen LogP contribution in [0.5, 0.6) is 0 Å². The summed E-state index contributed by atoms with van der Waals surface area (Å²) in [7, 11) is -4.49. The average Bonchev–Trinajstić information content (AvgIpc) is 2.17. The van der Waals surface area contributed by atoms with Crippen molar-refractivity contribution in [2.24, 2.45) is 0 Å². The molecule has 0 bridgehead atoms. The van der Waals surface area contributed by atoms with Gasteiger partial charge in [-0.15, -0.1) is 0 Å². The van der Waals surface area contributed by atoms with E-state index in [1.807, 2.05) is 0 Å². The van der Waals surface area contributed by atoms with E-state index in [0.717, 1.165) is 6.07 Å². The van der Waals surface area contributed by atoms with E-state index in [4.69, 9.17) is 0 Å². The van der Waals surface area contributed by atoms with Crippen LogP contribution in [0.15, 0.2) is 29.2 Å². The molecule has 0 spiro atoms. The smallest absolute Gasteiger partial charge is 0.744 e. The normalized spacial score (nSPS) is 10.4. The van der Waals surface area contributed by atoms with Gasteiger partial charge in [-0.25, -0.2) is 8.42 Å². The summed E-state index contributed by atoms with van der Waals surface area (Å²) in [5.41, 5.74) is 0.256. The van der Waals surface area contributed by atoms with E-state index in [1.54, 1.807) is 0 Å². The summed E-state index contributed by atoms with van der Waals surface area (Å²) in [4.78, 5) is 10.6. The van der Waals surface area contributed by atoms with Crippen LogP contribution >= 0.6 is 12.6 Å². The van der Waals surface area contributed by atoms with Crippen molar-refractivity contribution in [3.63, 3.8) is 0 Å². The van der Waals surface area contributed by atoms with Crippen LogP contribution < -0.4 is 56.7 Å². The van der Waals surface area contributed by atoms with E-state index in [1.165, 1.54) is 18.2 Å². The molecule has 0 unspecified atom stereocenters. The molecule has 5 nitrogen and oxygen atoms in total. The maximum Gasteiger partial charge on any atom is 1.00 e. The fourth-order valence-corrected chi connectivity index (χ4v) is 1.53. The van der Waals surface area contributed by atoms with Gasteiger partial charge in [0.25, 0.3) is 0 Å². The molecule has 0 aliphatic rings. The number of amides is 1. The molecule has 1 aromatic carbocycles. The number of benzene rings is 1. The molecule has 1 amide bonds. The summed E-state index contributed by atoms with van der Waals surface area (Å²) >= 11 is 3.74. The molecule has 16 heavy (non-hydrogen) atoms. The van der Waals surface area contributed by atoms with Crippen molar-refractivity contribution in [2.45, 2.75) is 4.90 Å². The zero-order valence-electron chi connectivity index (χ0n) is 8.50. The first-order valence-electron chi connectivity index (χ1n) is 3.90. The van der Waals surface area contributed by atoms with Crippen molar-refractivity contribution in [3.8, 4) is 0 Å². The van der Waals surface area contributed by atoms with Crippen LogP contribution in [0.2, 0.25) is 0 Å². The molecule has 0 heterocycles. The SMILES string of the molecule is O=C(CS)Nc1cccc(S(=O)(=O)[O-])c1.[K+]. The Kier molecular flexibility index (Phi) is 7.38. The third-order valence-electron chi connectivity index (χ3n) is 1.55. The maximum absolute atomic E-state index is 10.9. The molecule has 0 fully saturated rings. The Balaban J connectivity index is 0.00000225. The van der Waals surface area contributed by atoms with Crippen LogP contribution in [-0.2, 0) is 14.9 Å². The van der Waals surface area contributed by atoms with E-state index >= 15 is 0 Å². The van der Waals surface area contributed by atoms with Crippen LogP contribution in [0.25, 0.3) is 0 Å². The van der Waals surface area contributed by atoms with Gasteiger partial charge < -0.3 is 9.87 Å². The van der Waals surface area contributed by atoms with Crippen LogP contribution in [0.4, 0.5) is 5.69 Å². The van der Waals surface area contributed by atoms with Gasteiger partial charge in [-0.05, 0) is 18.2 Å². The van der Waals surface area contributed by atoms with E-state index < -0.39 is 10.1 Å². The minimum Gasteiger partial charge on any atom is -0.744 e. The van der Waals surface area contributed by atoms with Crippen molar-refractivity contribution in [1.29, 1.82) is 0 Å². The molecule has 0 saturated heterocycles. The monoisotopic (exact) mass is 285 g/mol. The third-order valence-corrected chi connectivity index (χ3v) is 2.67. The van der Waals surface area contributed by atoms with Gasteiger partial charge in [0.05, 0.1) is 10.6 Å². The quantitative estimate of drug-likeness (QED) is 0.364. The van der Waals surface area contributed by atoms with Gasteiger partial charge in [-0.3, -0.25) is 4.79 Å². The number of carbonyl (C=O) groups is 1. The minimum absolute atomic E-state index is 0. The van der Waals surface area contributed by atoms with Crippen LogP contribution in [0, 0.1) is 0 Å². The number of hydrogen-bond acceptors (Lipinski definition) is 5. The summed E-state index contributed by atoms with van der Waals surface area (Å²) in [6.45, 7) is 0. The summed E-state index contributed by atoms with van der Waals surface area (Å²) in [5, 5.41) is 2.39. The van der Waals surface area contributed by atoms with Crippen molar-refractivity contribution < 1.29 is 69.1 Å². The van der Waals surface area contributed by atoms with Gasteiger partial charge in [0.15, 0.2) is 0 Å². The van der Waals surface area contributed by atoms with E-state index in [2.05, 4.69) is 17.9 Å². The number of anilines is 1. The molecule has 1 N–H and O–H groups in total. The van der Waals surface area contributed by atoms with Crippen LogP contribution in [0.3, 0.4) is 0 Å². The summed E-state index contributed by atoms with van der Waals surface area (Å²) in [6.07, 6.45) is 0. The first kappa shape index (κ1) is 16.6. The Bertz CT molecular complexity index is 475. The number of carbonyl (C=O) groups excluding carboxylic acids is 1. The summed E-state index contributed by atoms with van der Waals surface area (Å²) in [5.74, 6) is -0.396. The number of nitrogens with one attached hydrogen (secondary N) is 1. The molecule has 0 saturated carbocycles. The van der Waals surface area contributed by atoms with Gasteiger partial charge in [-0.1, -0.05) is 6.07 Å². The Morgan fingerprint density at radius 3 is 2.56 bits per heavy atom. The number of hydrogen-bond donors (Lipinski definition) is 2. The second-order valence-corrected chi connectivity index (χ2v) is 4.38. The first-order valence-corrected chi connectivity index (χ1v) is 5.94. The van der Waals surface area contributed by atoms with Gasteiger partial charge in [-0.2, -0.15) is 12.6 Å². The molecule has 8 heteroatoms. The Morgan fingerprint density at radius 1 is 1.44 bits per heavy atom. The Hall–Kier alpha value is 0.586. The largest absolute Gasteiger partial charge is 1.00 e. The molecule has 1 aromatic rings. The zero-order valence-corrected chi connectivity index (χ0v) is 13.3. The Morgan fingerprint density at radius 2 is 2.06 bits per heavy atom. The van der Waals surface area contributed by atoms with Gasteiger partial charge in [0.2, 0.25) is 5.91 Å². The van der Waals surface area contributed by atoms with Gasteiger partial charge >= 0.3 is 51.4 Å². The van der Waals surface area contributed by atoms with E-state index in [0.29, 0.717) is 0 Å². The molecule has 82 valence electrons. The predicted molar refractivity (Wildman–Crippen MR) is 56.9 cm³/mol. The van der Waals surface area contributed by atoms with Crippen LogP contribution in [0.1, 0.15) is 0 Å². The molecular formula is C8H8KNO4S2. The van der Waals surface area contributed by atoms with Crippen molar-refractivity contribution >= 4 is 34.3 Å². The van der Waals surface area contributed by atoms with Gasteiger partial charge in [0.1, 0.15) is 10.1 Å². The molecule has 0 radical (unpaired) electrons. The third kappa shape index (κ3) is 5.28. The average molecular weight is 285 g/mol. The molecular weight excluding hydrogens is 277 g/mol. The number of thiol groups is 1. The fourth-order valence-electron chi connectivity index (χ4n) is 0.930. The van der Waals surface area contributed by atoms with Crippen molar-refractivity contribution in [1.82, 2.24) is 0 Å². The van der Waals surface area contributed by atoms with E-state index in [-0.39, 0.29) is 73.6 Å². The molecule has 0 aliphatic heterocycles. The van der Waals surface area contributed by atoms with E-state index in [9.17, 15) is 17.8 Å². The second-order valence-electron chi connectivity index (χ2n) is 2.69. The molecule has 0 aromatic heterocycles. The second kappa shape index (κ2) is 7.12. The summed E-state index contributed by atoms with van der Waals surface area (Å²) in [6, 6.07) is 5.12. The first-order chi connectivity index (χ1) is 6.93. The van der Waals surface area contributed by atoms with Crippen LogP contribution in [-0.4, -0.2) is 24.6 Å². The minimum atomic E-state index is -4.49. The van der Waals surface area contributed by atoms with Gasteiger partial charge in [0, 0.05) is 5.69 Å². The van der Waals surface area contributed by atoms with Crippen molar-refractivity contribution in [3.05, 3.63) is 24.3 Å². The number of rotatable bonds is 3. The standard InChI is InChI=1S/C8H9NO4S2.K/c10-8(5-14)9-6-2-1-3-7(4-6)15(11,12)13;/h1-4,14H,5H2,(H,9,10)(H,11,12,13);/q;+1/p-1. The Labute approximate surface area is 142 Å². The van der Waals surface area contributed by atoms with Crippen molar-refractivity contribution in [2.75, 3.05) is 11.1 Å². The molecule has 0 aliphatic carbocycles. The maximum atomic E-state index is 10.9. The molecule has 0 atom stereocenters. The summed E-state index contributed by atoms with van der Waals surface area (Å²) < 4.78 is 32.0. The fraction of sp³-hybridized carbons (Fsp3) is 0.125. The zero-order chi connectivity index (χ0) is 11.5. The topological polar surface area (TPSA) is 86.3 Å². The predicted octanol–water partition coefficient (Wildman–Crippen LogP) is -2.54. The molecule has 1 rings (SSSR count).